The number of halogens is 7. The zero-order valence-corrected chi connectivity index (χ0v) is 18.5. The van der Waals surface area contributed by atoms with Crippen molar-refractivity contribution in [3.8, 4) is 0 Å². The first-order valence-corrected chi connectivity index (χ1v) is 10.5. The van der Waals surface area contributed by atoms with Gasteiger partial charge in [-0.1, -0.05) is 24.3 Å². The predicted molar refractivity (Wildman–Crippen MR) is 115 cm³/mol. The molecule has 168 valence electrons. The van der Waals surface area contributed by atoms with E-state index in [0.29, 0.717) is 5.56 Å². The number of Topliss-reactive ketones (excluding diaryl/α,β-unsaturated/α-hetero) is 1. The number of carbonyl (C=O) groups excluding carboxylic acids is 1. The molecule has 3 rings (SSSR count). The van der Waals surface area contributed by atoms with Gasteiger partial charge in [-0.05, 0) is 70.1 Å². The largest absolute Gasteiger partial charge is 0.418 e. The highest BCUT2D eigenvalue weighted by Crippen LogP contribution is 2.39. The van der Waals surface area contributed by atoms with E-state index in [-0.39, 0.29) is 24.2 Å². The van der Waals surface area contributed by atoms with Crippen molar-refractivity contribution in [1.82, 2.24) is 4.98 Å². The van der Waals surface area contributed by atoms with Crippen molar-refractivity contribution in [3.63, 3.8) is 0 Å². The lowest BCUT2D eigenvalue weighted by Crippen LogP contribution is -2.18. The monoisotopic (exact) mass is 563 g/mol. The van der Waals surface area contributed by atoms with Gasteiger partial charge in [0.25, 0.3) is 0 Å². The van der Waals surface area contributed by atoms with Crippen molar-refractivity contribution in [3.05, 3.63) is 98.4 Å². The molecule has 0 aliphatic rings. The van der Waals surface area contributed by atoms with Crippen LogP contribution in [0.2, 0.25) is 0 Å². The van der Waals surface area contributed by atoms with E-state index in [2.05, 4.69) is 27.6 Å². The van der Waals surface area contributed by atoms with Crippen molar-refractivity contribution in [1.29, 1.82) is 0 Å². The summed E-state index contributed by atoms with van der Waals surface area (Å²) in [5, 5.41) is 0. The van der Waals surface area contributed by atoms with E-state index in [4.69, 9.17) is 0 Å². The maximum absolute atomic E-state index is 13.6. The summed E-state index contributed by atoms with van der Waals surface area (Å²) in [4.78, 5) is 16.6. The van der Waals surface area contributed by atoms with E-state index in [1.807, 2.05) is 6.07 Å². The molecule has 1 aromatic heterocycles. The van der Waals surface area contributed by atoms with Crippen molar-refractivity contribution in [2.45, 2.75) is 31.1 Å². The molecule has 32 heavy (non-hydrogen) atoms. The van der Waals surface area contributed by atoms with Gasteiger partial charge in [-0.3, -0.25) is 9.78 Å². The molecule has 0 amide bonds. The molecule has 0 saturated carbocycles. The molecule has 2 aromatic carbocycles. The lowest BCUT2D eigenvalue weighted by Gasteiger charge is -2.21. The van der Waals surface area contributed by atoms with Crippen LogP contribution in [0.4, 0.5) is 26.3 Å². The van der Waals surface area contributed by atoms with E-state index in [0.717, 1.165) is 40.0 Å². The number of aromatic nitrogens is 1. The van der Waals surface area contributed by atoms with Crippen molar-refractivity contribution < 1.29 is 31.1 Å². The first kappa shape index (κ1) is 24.2. The lowest BCUT2D eigenvalue weighted by molar-refractivity contribution is -0.139. The van der Waals surface area contributed by atoms with E-state index >= 15 is 0 Å². The fourth-order valence-electron chi connectivity index (χ4n) is 3.39. The zero-order valence-electron chi connectivity index (χ0n) is 16.3. The Morgan fingerprint density at radius 3 is 2.19 bits per heavy atom. The summed E-state index contributed by atoms with van der Waals surface area (Å²) in [5.74, 6) is -1.50. The minimum absolute atomic E-state index is 0.0117. The maximum atomic E-state index is 13.6. The SMILES string of the molecule is O=C(Cc1cccc(I)c1)C[C@@H](c1ccc(C(F)(F)F)cc1)c1ncccc1C(F)(F)F. The number of hydrogen-bond acceptors (Lipinski definition) is 2. The topological polar surface area (TPSA) is 30.0 Å². The maximum Gasteiger partial charge on any atom is 0.418 e. The number of benzene rings is 2. The van der Waals surface area contributed by atoms with Crippen LogP contribution in [0.1, 0.15) is 40.3 Å². The number of hydrogen-bond donors (Lipinski definition) is 0. The first-order chi connectivity index (χ1) is 14.9. The van der Waals surface area contributed by atoms with Crippen LogP contribution in [-0.2, 0) is 23.6 Å². The van der Waals surface area contributed by atoms with Gasteiger partial charge < -0.3 is 0 Å². The van der Waals surface area contributed by atoms with Crippen LogP contribution in [0, 0.1) is 3.57 Å². The lowest BCUT2D eigenvalue weighted by atomic mass is 9.86. The number of alkyl halides is 6. The minimum atomic E-state index is -4.73. The van der Waals surface area contributed by atoms with Gasteiger partial charge in [0.1, 0.15) is 5.78 Å². The highest BCUT2D eigenvalue weighted by Gasteiger charge is 2.37. The van der Waals surface area contributed by atoms with Crippen molar-refractivity contribution >= 4 is 28.4 Å². The molecule has 0 aliphatic heterocycles. The minimum Gasteiger partial charge on any atom is -0.299 e. The molecule has 0 aliphatic carbocycles. The smallest absolute Gasteiger partial charge is 0.299 e. The van der Waals surface area contributed by atoms with E-state index in [1.165, 1.54) is 6.20 Å². The standard InChI is InChI=1S/C23H16F6INO/c24-22(25,26)16-8-6-15(7-9-16)19(21-20(23(27,28)29)5-2-10-31-21)13-18(32)12-14-3-1-4-17(30)11-14/h1-11,19H,12-13H2/t19-/m0/s1. The molecule has 2 nitrogen and oxygen atoms in total. The van der Waals surface area contributed by atoms with Crippen molar-refractivity contribution in [2.24, 2.45) is 0 Å². The second-order valence-corrected chi connectivity index (χ2v) is 8.40. The Balaban J connectivity index is 1.99. The summed E-state index contributed by atoms with van der Waals surface area (Å²) in [7, 11) is 0. The third-order valence-corrected chi connectivity index (χ3v) is 5.51. The van der Waals surface area contributed by atoms with E-state index in [9.17, 15) is 31.1 Å². The fourth-order valence-corrected chi connectivity index (χ4v) is 3.99. The molecular weight excluding hydrogens is 547 g/mol. The molecule has 0 fully saturated rings. The second-order valence-electron chi connectivity index (χ2n) is 7.16. The van der Waals surface area contributed by atoms with Crippen LogP contribution in [0.15, 0.2) is 66.9 Å². The van der Waals surface area contributed by atoms with Gasteiger partial charge in [-0.15, -0.1) is 0 Å². The molecule has 0 unspecified atom stereocenters. The molecule has 1 atom stereocenters. The molecular formula is C23H16F6INO. The number of rotatable bonds is 6. The summed E-state index contributed by atoms with van der Waals surface area (Å²) < 4.78 is 80.5. The Hall–Kier alpha value is -2.43. The Kier molecular flexibility index (Phi) is 7.26. The van der Waals surface area contributed by atoms with Crippen LogP contribution in [0.3, 0.4) is 0 Å². The Morgan fingerprint density at radius 1 is 0.906 bits per heavy atom. The van der Waals surface area contributed by atoms with Gasteiger partial charge in [0.2, 0.25) is 0 Å². The van der Waals surface area contributed by atoms with Gasteiger partial charge in [-0.2, -0.15) is 26.3 Å². The van der Waals surface area contributed by atoms with Crippen LogP contribution >= 0.6 is 22.6 Å². The average Bonchev–Trinajstić information content (AvgIpc) is 2.71. The molecule has 0 saturated heterocycles. The van der Waals surface area contributed by atoms with Gasteiger partial charge in [-0.25, -0.2) is 0 Å². The molecule has 0 bridgehead atoms. The fraction of sp³-hybridized carbons (Fsp3) is 0.217. The number of carbonyl (C=O) groups is 1. The number of nitrogens with zero attached hydrogens (tertiary/aromatic N) is 1. The van der Waals surface area contributed by atoms with Crippen LogP contribution < -0.4 is 0 Å². The zero-order chi connectivity index (χ0) is 23.5. The first-order valence-electron chi connectivity index (χ1n) is 9.40. The van der Waals surface area contributed by atoms with Gasteiger partial charge in [0, 0.05) is 28.5 Å². The average molecular weight is 563 g/mol. The van der Waals surface area contributed by atoms with E-state index < -0.39 is 35.1 Å². The molecule has 0 N–H and O–H groups in total. The van der Waals surface area contributed by atoms with Crippen LogP contribution in [0.5, 0.6) is 0 Å². The highest BCUT2D eigenvalue weighted by molar-refractivity contribution is 14.1. The summed E-state index contributed by atoms with van der Waals surface area (Å²) in [6, 6.07) is 12.9. The summed E-state index contributed by atoms with van der Waals surface area (Å²) in [5.41, 5.74) is -1.49. The highest BCUT2D eigenvalue weighted by atomic mass is 127. The molecule has 0 radical (unpaired) electrons. The molecule has 0 spiro atoms. The van der Waals surface area contributed by atoms with Crippen LogP contribution in [0.25, 0.3) is 0 Å². The Bertz CT molecular complexity index is 1090. The van der Waals surface area contributed by atoms with Gasteiger partial charge >= 0.3 is 12.4 Å². The van der Waals surface area contributed by atoms with Crippen molar-refractivity contribution in [2.75, 3.05) is 0 Å². The van der Waals surface area contributed by atoms with Gasteiger partial charge in [0.15, 0.2) is 0 Å². The predicted octanol–water partition coefficient (Wildman–Crippen LogP) is 7.06. The third kappa shape index (κ3) is 6.08. The molecule has 9 heteroatoms. The number of ketones is 1. The normalized spacial score (nSPS) is 13.1. The summed E-state index contributed by atoms with van der Waals surface area (Å²) >= 11 is 2.08. The number of pyridine rings is 1. The van der Waals surface area contributed by atoms with E-state index in [1.54, 1.807) is 18.2 Å². The Morgan fingerprint density at radius 2 is 1.59 bits per heavy atom. The van der Waals surface area contributed by atoms with Gasteiger partial charge in [0.05, 0.1) is 16.8 Å². The quantitative estimate of drug-likeness (QED) is 0.238. The third-order valence-electron chi connectivity index (χ3n) is 4.84. The summed E-state index contributed by atoms with van der Waals surface area (Å²) in [6.07, 6.45) is -8.49. The second kappa shape index (κ2) is 9.60. The van der Waals surface area contributed by atoms with Crippen LogP contribution in [-0.4, -0.2) is 10.8 Å². The Labute approximate surface area is 193 Å². The molecule has 1 heterocycles. The summed E-state index contributed by atoms with van der Waals surface area (Å²) in [6.45, 7) is 0. The molecule has 3 aromatic rings.